The van der Waals surface area contributed by atoms with Crippen LogP contribution in [-0.4, -0.2) is 12.5 Å². The van der Waals surface area contributed by atoms with Crippen molar-refractivity contribution in [2.24, 2.45) is 0 Å². The second-order valence-corrected chi connectivity index (χ2v) is 4.65. The molecule has 1 aliphatic rings. The fourth-order valence-electron chi connectivity index (χ4n) is 2.19. The second-order valence-electron chi connectivity index (χ2n) is 4.65. The summed E-state index contributed by atoms with van der Waals surface area (Å²) in [5.41, 5.74) is 3.01. The molecule has 1 heterocycles. The molecular formula is C17H15NO2. The summed E-state index contributed by atoms with van der Waals surface area (Å²) in [6.07, 6.45) is 4.30. The van der Waals surface area contributed by atoms with Crippen LogP contribution < -0.4 is 10.1 Å². The molecule has 1 amide bonds. The summed E-state index contributed by atoms with van der Waals surface area (Å²) in [4.78, 5) is 11.8. The van der Waals surface area contributed by atoms with Crippen LogP contribution in [0.25, 0.3) is 6.08 Å². The van der Waals surface area contributed by atoms with Crippen molar-refractivity contribution in [1.29, 1.82) is 0 Å². The van der Waals surface area contributed by atoms with Gasteiger partial charge in [0.2, 0.25) is 5.91 Å². The smallest absolute Gasteiger partial charge is 0.248 e. The highest BCUT2D eigenvalue weighted by molar-refractivity contribution is 6.01. The van der Waals surface area contributed by atoms with Gasteiger partial charge in [0, 0.05) is 18.2 Å². The number of carbonyl (C=O) groups is 1. The molecule has 3 rings (SSSR count). The van der Waals surface area contributed by atoms with Gasteiger partial charge in [-0.2, -0.15) is 0 Å². The maximum atomic E-state index is 11.8. The lowest BCUT2D eigenvalue weighted by Crippen LogP contribution is -2.07. The first-order valence-corrected chi connectivity index (χ1v) is 6.61. The normalized spacial score (nSPS) is 13.0. The number of ether oxygens (including phenoxy) is 1. The third-order valence-corrected chi connectivity index (χ3v) is 3.18. The number of rotatable bonds is 3. The maximum absolute atomic E-state index is 11.8. The van der Waals surface area contributed by atoms with Gasteiger partial charge >= 0.3 is 0 Å². The lowest BCUT2D eigenvalue weighted by Gasteiger charge is -2.01. The highest BCUT2D eigenvalue weighted by Gasteiger charge is 2.11. The summed E-state index contributed by atoms with van der Waals surface area (Å²) in [7, 11) is 0. The van der Waals surface area contributed by atoms with E-state index in [-0.39, 0.29) is 5.91 Å². The lowest BCUT2D eigenvalue weighted by atomic mass is 10.1. The SMILES string of the molecule is O=C(C=Cc1ccc2c(c1)CCO2)Nc1ccccc1. The van der Waals surface area contributed by atoms with Gasteiger partial charge in [0.15, 0.2) is 0 Å². The Morgan fingerprint density at radius 2 is 2.00 bits per heavy atom. The molecule has 0 radical (unpaired) electrons. The average molecular weight is 265 g/mol. The van der Waals surface area contributed by atoms with Crippen molar-refractivity contribution in [2.45, 2.75) is 6.42 Å². The highest BCUT2D eigenvalue weighted by atomic mass is 16.5. The number of para-hydroxylation sites is 1. The fourth-order valence-corrected chi connectivity index (χ4v) is 2.19. The van der Waals surface area contributed by atoms with E-state index in [4.69, 9.17) is 4.74 Å². The molecular weight excluding hydrogens is 250 g/mol. The van der Waals surface area contributed by atoms with E-state index in [0.717, 1.165) is 30.0 Å². The van der Waals surface area contributed by atoms with Crippen molar-refractivity contribution < 1.29 is 9.53 Å². The Balaban J connectivity index is 1.66. The summed E-state index contributed by atoms with van der Waals surface area (Å²) < 4.78 is 5.45. The average Bonchev–Trinajstić information content (AvgIpc) is 2.93. The van der Waals surface area contributed by atoms with Gasteiger partial charge in [-0.15, -0.1) is 0 Å². The standard InChI is InChI=1S/C17H15NO2/c19-17(18-15-4-2-1-3-5-15)9-7-13-6-8-16-14(12-13)10-11-20-16/h1-9,12H,10-11H2,(H,18,19). The zero-order chi connectivity index (χ0) is 13.8. The van der Waals surface area contributed by atoms with Crippen LogP contribution in [0.3, 0.4) is 0 Å². The first kappa shape index (κ1) is 12.5. The van der Waals surface area contributed by atoms with E-state index in [9.17, 15) is 4.79 Å². The number of carbonyl (C=O) groups excluding carboxylic acids is 1. The molecule has 1 aliphatic heterocycles. The Hall–Kier alpha value is -2.55. The molecule has 0 saturated heterocycles. The third-order valence-electron chi connectivity index (χ3n) is 3.18. The van der Waals surface area contributed by atoms with Crippen molar-refractivity contribution in [3.05, 3.63) is 65.7 Å². The van der Waals surface area contributed by atoms with Crippen LogP contribution in [0, 0.1) is 0 Å². The van der Waals surface area contributed by atoms with Gasteiger partial charge in [-0.3, -0.25) is 4.79 Å². The highest BCUT2D eigenvalue weighted by Crippen LogP contribution is 2.26. The molecule has 0 aromatic heterocycles. The zero-order valence-corrected chi connectivity index (χ0v) is 11.0. The van der Waals surface area contributed by atoms with E-state index in [1.807, 2.05) is 48.5 Å². The number of anilines is 1. The minimum atomic E-state index is -0.132. The zero-order valence-electron chi connectivity index (χ0n) is 11.0. The molecule has 3 heteroatoms. The van der Waals surface area contributed by atoms with Gasteiger partial charge in [-0.25, -0.2) is 0 Å². The molecule has 20 heavy (non-hydrogen) atoms. The van der Waals surface area contributed by atoms with Crippen LogP contribution in [-0.2, 0) is 11.2 Å². The van der Waals surface area contributed by atoms with E-state index in [0.29, 0.717) is 0 Å². The number of amides is 1. The topological polar surface area (TPSA) is 38.3 Å². The molecule has 0 unspecified atom stereocenters. The van der Waals surface area contributed by atoms with Crippen LogP contribution >= 0.6 is 0 Å². The molecule has 0 fully saturated rings. The van der Waals surface area contributed by atoms with Crippen molar-refractivity contribution in [1.82, 2.24) is 0 Å². The van der Waals surface area contributed by atoms with Crippen LogP contribution in [0.5, 0.6) is 5.75 Å². The van der Waals surface area contributed by atoms with E-state index < -0.39 is 0 Å². The number of hydrogen-bond donors (Lipinski definition) is 1. The van der Waals surface area contributed by atoms with Crippen molar-refractivity contribution in [2.75, 3.05) is 11.9 Å². The Bertz CT molecular complexity index is 647. The maximum Gasteiger partial charge on any atom is 0.248 e. The van der Waals surface area contributed by atoms with Crippen molar-refractivity contribution in [3.8, 4) is 5.75 Å². The lowest BCUT2D eigenvalue weighted by molar-refractivity contribution is -0.111. The van der Waals surface area contributed by atoms with E-state index in [1.54, 1.807) is 6.08 Å². The van der Waals surface area contributed by atoms with Crippen LogP contribution in [0.2, 0.25) is 0 Å². The molecule has 0 atom stereocenters. The van der Waals surface area contributed by atoms with Crippen molar-refractivity contribution in [3.63, 3.8) is 0 Å². The van der Waals surface area contributed by atoms with E-state index in [1.165, 1.54) is 5.56 Å². The van der Waals surface area contributed by atoms with Gasteiger partial charge in [0.1, 0.15) is 5.75 Å². The first-order valence-electron chi connectivity index (χ1n) is 6.61. The predicted octanol–water partition coefficient (Wildman–Crippen LogP) is 3.27. The van der Waals surface area contributed by atoms with Crippen LogP contribution in [0.1, 0.15) is 11.1 Å². The number of hydrogen-bond acceptors (Lipinski definition) is 2. The Morgan fingerprint density at radius 1 is 1.15 bits per heavy atom. The van der Waals surface area contributed by atoms with Gasteiger partial charge in [-0.05, 0) is 41.5 Å². The predicted molar refractivity (Wildman–Crippen MR) is 79.7 cm³/mol. The monoisotopic (exact) mass is 265 g/mol. The molecule has 0 bridgehead atoms. The van der Waals surface area contributed by atoms with Crippen molar-refractivity contribution >= 4 is 17.7 Å². The third kappa shape index (κ3) is 2.88. The molecule has 2 aromatic carbocycles. The largest absolute Gasteiger partial charge is 0.493 e. The van der Waals surface area contributed by atoms with Crippen LogP contribution in [0.4, 0.5) is 5.69 Å². The fraction of sp³-hybridized carbons (Fsp3) is 0.118. The molecule has 0 spiro atoms. The van der Waals surface area contributed by atoms with Gasteiger partial charge in [-0.1, -0.05) is 24.3 Å². The minimum Gasteiger partial charge on any atom is -0.493 e. The van der Waals surface area contributed by atoms with Gasteiger partial charge < -0.3 is 10.1 Å². The van der Waals surface area contributed by atoms with E-state index >= 15 is 0 Å². The summed E-state index contributed by atoms with van der Waals surface area (Å²) in [6, 6.07) is 15.4. The second kappa shape index (κ2) is 5.61. The summed E-state index contributed by atoms with van der Waals surface area (Å²) in [6.45, 7) is 0.747. The molecule has 3 nitrogen and oxygen atoms in total. The summed E-state index contributed by atoms with van der Waals surface area (Å²) >= 11 is 0. The number of benzene rings is 2. The van der Waals surface area contributed by atoms with Gasteiger partial charge in [0.25, 0.3) is 0 Å². The van der Waals surface area contributed by atoms with Gasteiger partial charge in [0.05, 0.1) is 6.61 Å². The number of fused-ring (bicyclic) bond motifs is 1. The quantitative estimate of drug-likeness (QED) is 0.865. The Morgan fingerprint density at radius 3 is 2.85 bits per heavy atom. The minimum absolute atomic E-state index is 0.132. The Kier molecular flexibility index (Phi) is 3.50. The first-order chi connectivity index (χ1) is 9.81. The molecule has 1 N–H and O–H groups in total. The summed E-state index contributed by atoms with van der Waals surface area (Å²) in [5.74, 6) is 0.823. The Labute approximate surface area is 117 Å². The number of nitrogens with one attached hydrogen (secondary N) is 1. The van der Waals surface area contributed by atoms with E-state index in [2.05, 4.69) is 11.4 Å². The molecule has 0 aliphatic carbocycles. The van der Waals surface area contributed by atoms with Crippen LogP contribution in [0.15, 0.2) is 54.6 Å². The summed E-state index contributed by atoms with van der Waals surface area (Å²) in [5, 5.41) is 2.81. The molecule has 100 valence electrons. The molecule has 2 aromatic rings. The molecule has 0 saturated carbocycles.